The van der Waals surface area contributed by atoms with Gasteiger partial charge in [-0.3, -0.25) is 9.89 Å². The Balaban J connectivity index is 2.59. The van der Waals surface area contributed by atoms with Gasteiger partial charge in [0.15, 0.2) is 5.69 Å². The number of aliphatic hydroxyl groups is 1. The number of amides is 1. The molecule has 2 aromatic rings. The van der Waals surface area contributed by atoms with E-state index in [1.54, 1.807) is 6.92 Å². The Labute approximate surface area is 94.4 Å². The van der Waals surface area contributed by atoms with E-state index in [-0.39, 0.29) is 12.3 Å². The highest BCUT2D eigenvalue weighted by Crippen LogP contribution is 2.05. The molecule has 2 heterocycles. The first-order valence-corrected chi connectivity index (χ1v) is 4.68. The molecule has 0 spiro atoms. The molecule has 0 saturated carbocycles. The van der Waals surface area contributed by atoms with Crippen LogP contribution in [0.1, 0.15) is 11.4 Å². The normalized spacial score (nSPS) is 10.7. The first-order valence-electron chi connectivity index (χ1n) is 4.68. The summed E-state index contributed by atoms with van der Waals surface area (Å²) >= 11 is 0. The van der Waals surface area contributed by atoms with E-state index in [4.69, 9.17) is 10.8 Å². The lowest BCUT2D eigenvalue weighted by Crippen LogP contribution is -2.31. The van der Waals surface area contributed by atoms with Crippen LogP contribution < -0.4 is 11.3 Å². The molecule has 0 unspecified atom stereocenters. The van der Waals surface area contributed by atoms with Gasteiger partial charge in [0.1, 0.15) is 5.69 Å². The predicted octanol–water partition coefficient (Wildman–Crippen LogP) is -1.52. The summed E-state index contributed by atoms with van der Waals surface area (Å²) in [5, 5.41) is 18.7. The molecule has 0 bridgehead atoms. The second-order valence-electron chi connectivity index (χ2n) is 3.38. The number of H-pyrrole nitrogens is 1. The Morgan fingerprint density at radius 1 is 1.65 bits per heavy atom. The molecule has 0 aliphatic rings. The van der Waals surface area contributed by atoms with Gasteiger partial charge in [0.05, 0.1) is 18.5 Å². The van der Waals surface area contributed by atoms with Crippen molar-refractivity contribution in [2.45, 2.75) is 13.5 Å². The number of hydrogen-bond acceptors (Lipinski definition) is 5. The Morgan fingerprint density at radius 2 is 2.35 bits per heavy atom. The van der Waals surface area contributed by atoms with Gasteiger partial charge in [-0.2, -0.15) is 4.68 Å². The number of nitrogens with zero attached hydrogens (tertiary/aromatic N) is 4. The molecule has 2 aromatic heterocycles. The standard InChI is InChI=1S/C8H10N6O3/c1-4-6(7(16)14(11-4)8(9)17)13-2-5(3-15)10-12-13/h2,11,15H,3H2,1H3,(H2,9,17). The maximum absolute atomic E-state index is 11.8. The summed E-state index contributed by atoms with van der Waals surface area (Å²) in [7, 11) is 0. The van der Waals surface area contributed by atoms with Crippen LogP contribution in [0.25, 0.3) is 5.69 Å². The van der Waals surface area contributed by atoms with E-state index >= 15 is 0 Å². The molecule has 1 amide bonds. The Bertz CT molecular complexity index is 621. The van der Waals surface area contributed by atoms with Crippen molar-refractivity contribution < 1.29 is 9.90 Å². The molecule has 0 radical (unpaired) electrons. The molecule has 0 atom stereocenters. The molecule has 17 heavy (non-hydrogen) atoms. The van der Waals surface area contributed by atoms with Crippen molar-refractivity contribution in [3.8, 4) is 5.69 Å². The van der Waals surface area contributed by atoms with E-state index in [1.807, 2.05) is 0 Å². The number of aromatic nitrogens is 5. The average Bonchev–Trinajstić information content (AvgIpc) is 2.83. The van der Waals surface area contributed by atoms with Gasteiger partial charge in [0.25, 0.3) is 0 Å². The van der Waals surface area contributed by atoms with Gasteiger partial charge in [-0.15, -0.1) is 5.10 Å². The number of primary amides is 1. The van der Waals surface area contributed by atoms with E-state index in [1.165, 1.54) is 10.9 Å². The minimum absolute atomic E-state index is 0.135. The Kier molecular flexibility index (Phi) is 2.52. The number of nitrogens with one attached hydrogen (secondary N) is 1. The summed E-state index contributed by atoms with van der Waals surface area (Å²) in [6.45, 7) is 1.31. The first kappa shape index (κ1) is 11.1. The van der Waals surface area contributed by atoms with E-state index in [0.717, 1.165) is 0 Å². The number of carbonyl (C=O) groups excluding carboxylic acids is 1. The maximum atomic E-state index is 11.8. The number of aliphatic hydroxyl groups excluding tert-OH is 1. The molecule has 2 rings (SSSR count). The largest absolute Gasteiger partial charge is 0.390 e. The lowest BCUT2D eigenvalue weighted by Gasteiger charge is -1.93. The molecule has 0 fully saturated rings. The predicted molar refractivity (Wildman–Crippen MR) is 55.6 cm³/mol. The van der Waals surface area contributed by atoms with Gasteiger partial charge >= 0.3 is 11.6 Å². The van der Waals surface area contributed by atoms with Crippen molar-refractivity contribution >= 4 is 6.03 Å². The monoisotopic (exact) mass is 238 g/mol. The van der Waals surface area contributed by atoms with E-state index in [0.29, 0.717) is 16.1 Å². The number of aryl methyl sites for hydroxylation is 1. The first-order chi connectivity index (χ1) is 8.04. The summed E-state index contributed by atoms with van der Waals surface area (Å²) in [4.78, 5) is 22.8. The molecule has 0 aliphatic carbocycles. The van der Waals surface area contributed by atoms with Gasteiger partial charge in [-0.1, -0.05) is 5.21 Å². The lowest BCUT2D eigenvalue weighted by atomic mass is 10.4. The fraction of sp³-hybridized carbons (Fsp3) is 0.250. The topological polar surface area (TPSA) is 132 Å². The van der Waals surface area contributed by atoms with Crippen LogP contribution in [0.2, 0.25) is 0 Å². The van der Waals surface area contributed by atoms with Crippen LogP contribution in [0.3, 0.4) is 0 Å². The van der Waals surface area contributed by atoms with Crippen LogP contribution in [-0.4, -0.2) is 35.9 Å². The van der Waals surface area contributed by atoms with Crippen LogP contribution in [0.5, 0.6) is 0 Å². The second-order valence-corrected chi connectivity index (χ2v) is 3.38. The zero-order valence-electron chi connectivity index (χ0n) is 8.91. The van der Waals surface area contributed by atoms with E-state index in [2.05, 4.69) is 15.4 Å². The molecular weight excluding hydrogens is 228 g/mol. The maximum Gasteiger partial charge on any atom is 0.341 e. The van der Waals surface area contributed by atoms with Crippen molar-refractivity contribution in [1.82, 2.24) is 24.8 Å². The highest BCUT2D eigenvalue weighted by Gasteiger charge is 2.17. The number of hydrogen-bond donors (Lipinski definition) is 3. The van der Waals surface area contributed by atoms with Crippen molar-refractivity contribution in [2.24, 2.45) is 5.73 Å². The SMILES string of the molecule is Cc1[nH]n(C(N)=O)c(=O)c1-n1cc(CO)nn1. The second kappa shape index (κ2) is 3.87. The highest BCUT2D eigenvalue weighted by molar-refractivity contribution is 5.74. The van der Waals surface area contributed by atoms with Crippen LogP contribution in [-0.2, 0) is 6.61 Å². The van der Waals surface area contributed by atoms with Crippen molar-refractivity contribution in [1.29, 1.82) is 0 Å². The number of aromatic amines is 1. The third-order valence-electron chi connectivity index (χ3n) is 2.19. The van der Waals surface area contributed by atoms with Crippen molar-refractivity contribution in [3.05, 3.63) is 27.9 Å². The summed E-state index contributed by atoms with van der Waals surface area (Å²) < 4.78 is 1.85. The number of carbonyl (C=O) groups is 1. The number of rotatable bonds is 2. The third kappa shape index (κ3) is 1.72. The lowest BCUT2D eigenvalue weighted by molar-refractivity contribution is 0.247. The minimum Gasteiger partial charge on any atom is -0.390 e. The fourth-order valence-electron chi connectivity index (χ4n) is 1.44. The summed E-state index contributed by atoms with van der Waals surface area (Å²) in [5.74, 6) is 0. The molecule has 9 heteroatoms. The molecule has 9 nitrogen and oxygen atoms in total. The Morgan fingerprint density at radius 3 is 2.82 bits per heavy atom. The smallest absolute Gasteiger partial charge is 0.341 e. The molecule has 0 saturated heterocycles. The van der Waals surface area contributed by atoms with Gasteiger partial charge in [-0.05, 0) is 6.92 Å². The van der Waals surface area contributed by atoms with E-state index in [9.17, 15) is 9.59 Å². The van der Waals surface area contributed by atoms with Gasteiger partial charge in [0, 0.05) is 0 Å². The molecule has 0 aromatic carbocycles. The van der Waals surface area contributed by atoms with Crippen LogP contribution in [0, 0.1) is 6.92 Å². The molecule has 90 valence electrons. The van der Waals surface area contributed by atoms with Crippen molar-refractivity contribution in [2.75, 3.05) is 0 Å². The van der Waals surface area contributed by atoms with Crippen LogP contribution in [0.15, 0.2) is 11.0 Å². The van der Waals surface area contributed by atoms with Crippen LogP contribution in [0.4, 0.5) is 4.79 Å². The quantitative estimate of drug-likeness (QED) is 0.584. The van der Waals surface area contributed by atoms with Crippen molar-refractivity contribution in [3.63, 3.8) is 0 Å². The van der Waals surface area contributed by atoms with Gasteiger partial charge in [0.2, 0.25) is 0 Å². The molecule has 0 aliphatic heterocycles. The highest BCUT2D eigenvalue weighted by atomic mass is 16.3. The third-order valence-corrected chi connectivity index (χ3v) is 2.19. The summed E-state index contributed by atoms with van der Waals surface area (Å²) in [6, 6.07) is -0.910. The summed E-state index contributed by atoms with van der Waals surface area (Å²) in [6.07, 6.45) is 1.39. The van der Waals surface area contributed by atoms with Crippen LogP contribution >= 0.6 is 0 Å². The average molecular weight is 238 g/mol. The van der Waals surface area contributed by atoms with Gasteiger partial charge < -0.3 is 10.8 Å². The Hall–Kier alpha value is -2.42. The fourth-order valence-corrected chi connectivity index (χ4v) is 1.44. The summed E-state index contributed by atoms with van der Waals surface area (Å²) in [5.41, 5.74) is 5.26. The minimum atomic E-state index is -0.910. The zero-order valence-corrected chi connectivity index (χ0v) is 8.91. The number of nitrogens with two attached hydrogens (primary N) is 1. The zero-order chi connectivity index (χ0) is 12.6. The van der Waals surface area contributed by atoms with E-state index < -0.39 is 11.6 Å². The molecular formula is C8H10N6O3. The molecule has 4 N–H and O–H groups in total. The van der Waals surface area contributed by atoms with Gasteiger partial charge in [-0.25, -0.2) is 9.48 Å².